The molecule has 1 saturated heterocycles. The van der Waals surface area contributed by atoms with Gasteiger partial charge in [0.15, 0.2) is 0 Å². The van der Waals surface area contributed by atoms with Crippen molar-refractivity contribution in [1.29, 1.82) is 0 Å². The predicted molar refractivity (Wildman–Crippen MR) is 71.9 cm³/mol. The van der Waals surface area contributed by atoms with Gasteiger partial charge in [0.25, 0.3) is 0 Å². The summed E-state index contributed by atoms with van der Waals surface area (Å²) in [4.78, 5) is 23.6. The van der Waals surface area contributed by atoms with E-state index in [2.05, 4.69) is 5.10 Å². The molecule has 8 heteroatoms. The standard InChI is InChI=1S/C12H18N4O4/c1-3-15-11(10(16(19)20)8(2)13-15)14-6-4-9(5-7-14)12(17)18/h9H,3-7H2,1-2H3,(H,17,18). The van der Waals surface area contributed by atoms with E-state index in [1.807, 2.05) is 11.8 Å². The largest absolute Gasteiger partial charge is 0.481 e. The van der Waals surface area contributed by atoms with Crippen LogP contribution in [0.1, 0.15) is 25.5 Å². The van der Waals surface area contributed by atoms with E-state index in [-0.39, 0.29) is 11.6 Å². The van der Waals surface area contributed by atoms with Gasteiger partial charge in [-0.3, -0.25) is 14.9 Å². The molecule has 1 aromatic heterocycles. The summed E-state index contributed by atoms with van der Waals surface area (Å²) in [7, 11) is 0. The van der Waals surface area contributed by atoms with Gasteiger partial charge in [0.2, 0.25) is 5.82 Å². The molecule has 0 amide bonds. The quantitative estimate of drug-likeness (QED) is 0.662. The van der Waals surface area contributed by atoms with Gasteiger partial charge in [0, 0.05) is 19.6 Å². The Hall–Kier alpha value is -2.12. The molecule has 8 nitrogen and oxygen atoms in total. The summed E-state index contributed by atoms with van der Waals surface area (Å²) in [6, 6.07) is 0. The lowest BCUT2D eigenvalue weighted by atomic mass is 9.97. The highest BCUT2D eigenvalue weighted by Gasteiger charge is 2.33. The molecule has 1 aliphatic heterocycles. The first-order valence-electron chi connectivity index (χ1n) is 6.65. The van der Waals surface area contributed by atoms with Crippen LogP contribution in [0.4, 0.5) is 11.5 Å². The molecule has 0 aliphatic carbocycles. The minimum atomic E-state index is -0.792. The fourth-order valence-electron chi connectivity index (χ4n) is 2.65. The van der Waals surface area contributed by atoms with Crippen molar-refractivity contribution < 1.29 is 14.8 Å². The number of hydrogen-bond donors (Lipinski definition) is 1. The van der Waals surface area contributed by atoms with Gasteiger partial charge in [-0.15, -0.1) is 0 Å². The lowest BCUT2D eigenvalue weighted by Crippen LogP contribution is -2.37. The number of hydrogen-bond acceptors (Lipinski definition) is 5. The number of carboxylic acids is 1. The highest BCUT2D eigenvalue weighted by Crippen LogP contribution is 2.34. The monoisotopic (exact) mass is 282 g/mol. The van der Waals surface area contributed by atoms with E-state index in [1.54, 1.807) is 11.6 Å². The zero-order valence-electron chi connectivity index (χ0n) is 11.6. The third-order valence-corrected chi connectivity index (χ3v) is 3.70. The molecule has 0 radical (unpaired) electrons. The number of rotatable bonds is 4. The van der Waals surface area contributed by atoms with Gasteiger partial charge >= 0.3 is 11.7 Å². The number of aryl methyl sites for hydroxylation is 2. The molecule has 0 bridgehead atoms. The Labute approximate surface area is 116 Å². The van der Waals surface area contributed by atoms with Gasteiger partial charge < -0.3 is 10.0 Å². The third kappa shape index (κ3) is 2.45. The second-order valence-electron chi connectivity index (χ2n) is 4.93. The van der Waals surface area contributed by atoms with Crippen LogP contribution < -0.4 is 4.90 Å². The van der Waals surface area contributed by atoms with Crippen molar-refractivity contribution in [2.75, 3.05) is 18.0 Å². The minimum Gasteiger partial charge on any atom is -0.481 e. The van der Waals surface area contributed by atoms with Crippen LogP contribution in [0.5, 0.6) is 0 Å². The maximum absolute atomic E-state index is 11.2. The summed E-state index contributed by atoms with van der Waals surface area (Å²) in [5.74, 6) is -0.650. The minimum absolute atomic E-state index is 0.0284. The van der Waals surface area contributed by atoms with Crippen LogP contribution in [-0.2, 0) is 11.3 Å². The molecule has 1 fully saturated rings. The van der Waals surface area contributed by atoms with Crippen LogP contribution in [0.2, 0.25) is 0 Å². The number of piperidine rings is 1. The van der Waals surface area contributed by atoms with Crippen LogP contribution in [0.15, 0.2) is 0 Å². The molecule has 0 aromatic carbocycles. The average Bonchev–Trinajstić information content (AvgIpc) is 2.75. The topological polar surface area (TPSA) is 101 Å². The first kappa shape index (κ1) is 14.3. The molecule has 2 heterocycles. The summed E-state index contributed by atoms with van der Waals surface area (Å²) < 4.78 is 1.62. The fourth-order valence-corrected chi connectivity index (χ4v) is 2.65. The highest BCUT2D eigenvalue weighted by molar-refractivity contribution is 5.71. The van der Waals surface area contributed by atoms with E-state index in [0.717, 1.165) is 0 Å². The van der Waals surface area contributed by atoms with Crippen LogP contribution >= 0.6 is 0 Å². The highest BCUT2D eigenvalue weighted by atomic mass is 16.6. The molecule has 1 aliphatic rings. The first-order chi connectivity index (χ1) is 9.45. The zero-order chi connectivity index (χ0) is 14.9. The molecule has 0 saturated carbocycles. The maximum atomic E-state index is 11.2. The number of anilines is 1. The molecule has 0 unspecified atom stereocenters. The normalized spacial score (nSPS) is 16.4. The van der Waals surface area contributed by atoms with Crippen LogP contribution in [0.3, 0.4) is 0 Å². The Morgan fingerprint density at radius 2 is 2.10 bits per heavy atom. The molecule has 1 N–H and O–H groups in total. The Morgan fingerprint density at radius 1 is 1.50 bits per heavy atom. The van der Waals surface area contributed by atoms with Gasteiger partial charge in [0.1, 0.15) is 5.69 Å². The fraction of sp³-hybridized carbons (Fsp3) is 0.667. The van der Waals surface area contributed by atoms with E-state index >= 15 is 0 Å². The van der Waals surface area contributed by atoms with Crippen LogP contribution in [0.25, 0.3) is 0 Å². The SMILES string of the molecule is CCn1nc(C)c([N+](=O)[O-])c1N1CCC(C(=O)O)CC1. The van der Waals surface area contributed by atoms with Gasteiger partial charge in [-0.05, 0) is 26.7 Å². The van der Waals surface area contributed by atoms with E-state index in [0.29, 0.717) is 44.0 Å². The van der Waals surface area contributed by atoms with Gasteiger partial charge in [-0.2, -0.15) is 5.10 Å². The van der Waals surface area contributed by atoms with E-state index < -0.39 is 10.9 Å². The zero-order valence-corrected chi connectivity index (χ0v) is 11.6. The Morgan fingerprint density at radius 3 is 2.55 bits per heavy atom. The van der Waals surface area contributed by atoms with Gasteiger partial charge in [0.05, 0.1) is 10.8 Å². The maximum Gasteiger partial charge on any atom is 0.333 e. The van der Waals surface area contributed by atoms with Crippen molar-refractivity contribution in [3.8, 4) is 0 Å². The predicted octanol–water partition coefficient (Wildman–Crippen LogP) is 1.42. The van der Waals surface area contributed by atoms with Crippen LogP contribution in [-0.4, -0.2) is 38.9 Å². The molecule has 20 heavy (non-hydrogen) atoms. The average molecular weight is 282 g/mol. The van der Waals surface area contributed by atoms with Gasteiger partial charge in [-0.1, -0.05) is 0 Å². The van der Waals surface area contributed by atoms with Crippen molar-refractivity contribution in [3.05, 3.63) is 15.8 Å². The van der Waals surface area contributed by atoms with E-state index in [4.69, 9.17) is 5.11 Å². The molecule has 110 valence electrons. The lowest BCUT2D eigenvalue weighted by molar-refractivity contribution is -0.384. The van der Waals surface area contributed by atoms with Crippen molar-refractivity contribution in [2.24, 2.45) is 5.92 Å². The Kier molecular flexibility index (Phi) is 3.91. The number of aromatic nitrogens is 2. The number of carbonyl (C=O) groups is 1. The van der Waals surface area contributed by atoms with Crippen molar-refractivity contribution in [3.63, 3.8) is 0 Å². The molecule has 2 rings (SSSR count). The smallest absolute Gasteiger partial charge is 0.333 e. The Bertz CT molecular complexity index is 532. The van der Waals surface area contributed by atoms with E-state index in [9.17, 15) is 14.9 Å². The second kappa shape index (κ2) is 5.48. The first-order valence-corrected chi connectivity index (χ1v) is 6.65. The van der Waals surface area contributed by atoms with Crippen LogP contribution in [0, 0.1) is 23.0 Å². The van der Waals surface area contributed by atoms with Crippen molar-refractivity contribution >= 4 is 17.5 Å². The summed E-state index contributed by atoms with van der Waals surface area (Å²) >= 11 is 0. The van der Waals surface area contributed by atoms with Crippen molar-refractivity contribution in [2.45, 2.75) is 33.2 Å². The number of nitro groups is 1. The number of aliphatic carboxylic acids is 1. The molecule has 1 aromatic rings. The molecular formula is C12H18N4O4. The van der Waals surface area contributed by atoms with Crippen molar-refractivity contribution in [1.82, 2.24) is 9.78 Å². The summed E-state index contributed by atoms with van der Waals surface area (Å²) in [6.07, 6.45) is 1.00. The van der Waals surface area contributed by atoms with E-state index in [1.165, 1.54) is 0 Å². The summed E-state index contributed by atoms with van der Waals surface area (Å²) in [6.45, 7) is 5.05. The summed E-state index contributed by atoms with van der Waals surface area (Å²) in [5.41, 5.74) is 0.424. The Balaban J connectivity index is 2.29. The lowest BCUT2D eigenvalue weighted by Gasteiger charge is -2.31. The number of carboxylic acid groups (broad SMARTS) is 1. The molecular weight excluding hydrogens is 264 g/mol. The number of nitrogens with zero attached hydrogens (tertiary/aromatic N) is 4. The summed E-state index contributed by atoms with van der Waals surface area (Å²) in [5, 5.41) is 24.4. The second-order valence-corrected chi connectivity index (χ2v) is 4.93. The molecule has 0 atom stereocenters. The van der Waals surface area contributed by atoms with Gasteiger partial charge in [-0.25, -0.2) is 4.68 Å². The molecule has 0 spiro atoms. The third-order valence-electron chi connectivity index (χ3n) is 3.70.